The maximum absolute atomic E-state index is 5.20. The first kappa shape index (κ1) is 17.0. The zero-order valence-corrected chi connectivity index (χ0v) is 11.5. The van der Waals surface area contributed by atoms with E-state index in [1.54, 1.807) is 18.2 Å². The highest BCUT2D eigenvalue weighted by Crippen LogP contribution is 2.14. The fourth-order valence-electron chi connectivity index (χ4n) is 0.914. The summed E-state index contributed by atoms with van der Waals surface area (Å²) in [6.45, 7) is 11.5. The molecule has 0 spiro atoms. The quantitative estimate of drug-likeness (QED) is 0.642. The van der Waals surface area contributed by atoms with Gasteiger partial charge in [-0.2, -0.15) is 13.5 Å². The molecule has 7 heteroatoms. The molecule has 1 heterocycles. The zero-order chi connectivity index (χ0) is 13.2. The summed E-state index contributed by atoms with van der Waals surface area (Å²) in [5.74, 6) is 0. The average molecular weight is 283 g/mol. The Kier molecular flexibility index (Phi) is 8.90. The Morgan fingerprint density at radius 2 is 0.947 bits per heavy atom. The van der Waals surface area contributed by atoms with Gasteiger partial charge in [0, 0.05) is 0 Å². The van der Waals surface area contributed by atoms with Gasteiger partial charge >= 0.3 is 18.0 Å². The molecule has 104 valence electrons. The lowest BCUT2D eigenvalue weighted by Crippen LogP contribution is -2.07. The van der Waals surface area contributed by atoms with Crippen LogP contribution >= 0.6 is 13.5 Å². The molecular weight excluding hydrogens is 266 g/mol. The number of ether oxygens (including phenoxy) is 3. The molecule has 1 aromatic heterocycles. The summed E-state index contributed by atoms with van der Waals surface area (Å²) in [6, 6.07) is 0.342. The van der Waals surface area contributed by atoms with E-state index in [0.29, 0.717) is 0 Å². The summed E-state index contributed by atoms with van der Waals surface area (Å²) in [5.41, 5.74) is 0. The largest absolute Gasteiger partial charge is 0.459 e. The van der Waals surface area contributed by atoms with Crippen molar-refractivity contribution in [3.8, 4) is 18.0 Å². The van der Waals surface area contributed by atoms with Gasteiger partial charge in [-0.1, -0.05) is 38.0 Å². The standard InChI is InChI=1S/C12H15N3O3.H2S/c1-4-7-16-10-13-11(17-8-5-2)15-12(14-10)18-9-6-3;/h4-6H,1-3,7-9H2;1H2. The molecule has 1 rings (SSSR count). The number of rotatable bonds is 9. The third-order valence-electron chi connectivity index (χ3n) is 1.56. The van der Waals surface area contributed by atoms with E-state index in [0.717, 1.165) is 0 Å². The van der Waals surface area contributed by atoms with Crippen LogP contribution in [0.1, 0.15) is 0 Å². The summed E-state index contributed by atoms with van der Waals surface area (Å²) in [6.07, 6.45) is 4.75. The Morgan fingerprint density at radius 1 is 0.684 bits per heavy atom. The summed E-state index contributed by atoms with van der Waals surface area (Å²) in [5, 5.41) is 0. The summed E-state index contributed by atoms with van der Waals surface area (Å²) in [7, 11) is 0. The first-order valence-electron chi connectivity index (χ1n) is 5.27. The van der Waals surface area contributed by atoms with Gasteiger partial charge in [-0.3, -0.25) is 0 Å². The maximum atomic E-state index is 5.20. The van der Waals surface area contributed by atoms with E-state index in [4.69, 9.17) is 14.2 Å². The van der Waals surface area contributed by atoms with Crippen molar-refractivity contribution in [2.45, 2.75) is 0 Å². The normalized spacial score (nSPS) is 8.84. The van der Waals surface area contributed by atoms with E-state index in [-0.39, 0.29) is 51.3 Å². The minimum atomic E-state index is 0. The summed E-state index contributed by atoms with van der Waals surface area (Å²) < 4.78 is 15.6. The van der Waals surface area contributed by atoms with Crippen LogP contribution in [0.25, 0.3) is 0 Å². The monoisotopic (exact) mass is 283 g/mol. The van der Waals surface area contributed by atoms with Gasteiger partial charge in [0.2, 0.25) is 0 Å². The van der Waals surface area contributed by atoms with Gasteiger partial charge < -0.3 is 14.2 Å². The molecule has 0 aliphatic rings. The minimum absolute atomic E-state index is 0. The SMILES string of the molecule is C=CCOc1nc(OCC=C)nc(OCC=C)n1.S. The molecule has 0 N–H and O–H groups in total. The van der Waals surface area contributed by atoms with Gasteiger partial charge in [0.25, 0.3) is 0 Å². The van der Waals surface area contributed by atoms with E-state index in [9.17, 15) is 0 Å². The smallest absolute Gasteiger partial charge is 0.326 e. The zero-order valence-electron chi connectivity index (χ0n) is 10.5. The molecule has 0 aliphatic carbocycles. The fourth-order valence-corrected chi connectivity index (χ4v) is 0.914. The molecule has 0 aromatic carbocycles. The van der Waals surface area contributed by atoms with Crippen LogP contribution in [0.5, 0.6) is 18.0 Å². The number of nitrogens with zero attached hydrogens (tertiary/aromatic N) is 3. The van der Waals surface area contributed by atoms with Crippen LogP contribution in [0.3, 0.4) is 0 Å². The third kappa shape index (κ3) is 6.46. The van der Waals surface area contributed by atoms with Crippen molar-refractivity contribution in [3.63, 3.8) is 0 Å². The fraction of sp³-hybridized carbons (Fsp3) is 0.250. The highest BCUT2D eigenvalue weighted by molar-refractivity contribution is 7.59. The molecule has 0 bridgehead atoms. The molecule has 0 radical (unpaired) electrons. The van der Waals surface area contributed by atoms with E-state index < -0.39 is 0 Å². The van der Waals surface area contributed by atoms with Crippen LogP contribution in [-0.2, 0) is 0 Å². The number of aromatic nitrogens is 3. The molecule has 0 atom stereocenters. The van der Waals surface area contributed by atoms with Crippen LogP contribution in [0.15, 0.2) is 38.0 Å². The second-order valence-electron chi connectivity index (χ2n) is 2.98. The van der Waals surface area contributed by atoms with Crippen molar-refractivity contribution in [1.82, 2.24) is 15.0 Å². The van der Waals surface area contributed by atoms with Crippen LogP contribution in [0, 0.1) is 0 Å². The van der Waals surface area contributed by atoms with Gasteiger partial charge in [-0.25, -0.2) is 0 Å². The van der Waals surface area contributed by atoms with Crippen LogP contribution in [-0.4, -0.2) is 34.8 Å². The van der Waals surface area contributed by atoms with Gasteiger partial charge in [0.1, 0.15) is 19.8 Å². The van der Waals surface area contributed by atoms with E-state index in [1.165, 1.54) is 0 Å². The van der Waals surface area contributed by atoms with Crippen molar-refractivity contribution < 1.29 is 14.2 Å². The van der Waals surface area contributed by atoms with Crippen LogP contribution in [0.2, 0.25) is 0 Å². The molecule has 0 saturated carbocycles. The lowest BCUT2D eigenvalue weighted by Gasteiger charge is -2.07. The van der Waals surface area contributed by atoms with Gasteiger partial charge in [0.05, 0.1) is 0 Å². The van der Waals surface area contributed by atoms with E-state index in [1.807, 2.05) is 0 Å². The number of hydrogen-bond donors (Lipinski definition) is 0. The molecule has 0 aliphatic heterocycles. The lowest BCUT2D eigenvalue weighted by molar-refractivity contribution is 0.268. The Bertz CT molecular complexity index is 352. The Hall–Kier alpha value is -2.02. The Balaban J connectivity index is 0.00000324. The van der Waals surface area contributed by atoms with Crippen molar-refractivity contribution in [1.29, 1.82) is 0 Å². The molecule has 0 amide bonds. The lowest BCUT2D eigenvalue weighted by atomic mass is 10.7. The molecule has 19 heavy (non-hydrogen) atoms. The molecule has 0 unspecified atom stereocenters. The topological polar surface area (TPSA) is 66.4 Å². The first-order chi connectivity index (χ1) is 8.80. The van der Waals surface area contributed by atoms with Gasteiger partial charge in [0.15, 0.2) is 0 Å². The van der Waals surface area contributed by atoms with E-state index in [2.05, 4.69) is 34.7 Å². The molecule has 0 fully saturated rings. The molecule has 1 aromatic rings. The minimum Gasteiger partial charge on any atom is -0.459 e. The predicted molar refractivity (Wildman–Crippen MR) is 77.3 cm³/mol. The Labute approximate surface area is 119 Å². The van der Waals surface area contributed by atoms with Crippen molar-refractivity contribution in [3.05, 3.63) is 38.0 Å². The van der Waals surface area contributed by atoms with Crippen molar-refractivity contribution >= 4 is 13.5 Å². The molecular formula is C12H17N3O3S. The first-order valence-corrected chi connectivity index (χ1v) is 5.27. The predicted octanol–water partition coefficient (Wildman–Crippen LogP) is 1.68. The average Bonchev–Trinajstić information content (AvgIpc) is 2.40. The molecule has 6 nitrogen and oxygen atoms in total. The van der Waals surface area contributed by atoms with Gasteiger partial charge in [-0.15, -0.1) is 15.0 Å². The van der Waals surface area contributed by atoms with E-state index >= 15 is 0 Å². The highest BCUT2D eigenvalue weighted by atomic mass is 32.1. The van der Waals surface area contributed by atoms with Gasteiger partial charge in [-0.05, 0) is 0 Å². The van der Waals surface area contributed by atoms with Crippen LogP contribution in [0.4, 0.5) is 0 Å². The Morgan fingerprint density at radius 3 is 1.16 bits per heavy atom. The molecule has 0 saturated heterocycles. The highest BCUT2D eigenvalue weighted by Gasteiger charge is 2.08. The summed E-state index contributed by atoms with van der Waals surface area (Å²) >= 11 is 0. The van der Waals surface area contributed by atoms with Crippen molar-refractivity contribution in [2.75, 3.05) is 19.8 Å². The van der Waals surface area contributed by atoms with Crippen molar-refractivity contribution in [2.24, 2.45) is 0 Å². The number of hydrogen-bond acceptors (Lipinski definition) is 6. The second kappa shape index (κ2) is 9.95. The summed E-state index contributed by atoms with van der Waals surface area (Å²) in [4.78, 5) is 11.8. The third-order valence-corrected chi connectivity index (χ3v) is 1.56. The van der Waals surface area contributed by atoms with Crippen LogP contribution < -0.4 is 14.2 Å². The maximum Gasteiger partial charge on any atom is 0.326 e. The second-order valence-corrected chi connectivity index (χ2v) is 2.98.